The van der Waals surface area contributed by atoms with Crippen LogP contribution < -0.4 is 4.74 Å². The number of aryl methyl sites for hydroxylation is 1. The molecule has 0 N–H and O–H groups in total. The minimum Gasteiger partial charge on any atom is -0.494 e. The van der Waals surface area contributed by atoms with Gasteiger partial charge in [0, 0.05) is 0 Å². The molecule has 0 spiro atoms. The zero-order valence-corrected chi connectivity index (χ0v) is 27.9. The summed E-state index contributed by atoms with van der Waals surface area (Å²) in [5, 5.41) is 0. The molecule has 0 fully saturated rings. The molecule has 0 unspecified atom stereocenters. The summed E-state index contributed by atoms with van der Waals surface area (Å²) in [6, 6.07) is 26.8. The maximum Gasteiger partial charge on any atom is 0.119 e. The first-order chi connectivity index (χ1) is 21.3. The highest BCUT2D eigenvalue weighted by Crippen LogP contribution is 2.27. The van der Waals surface area contributed by atoms with Crippen molar-refractivity contribution in [3.05, 3.63) is 78.4 Å². The van der Waals surface area contributed by atoms with Crippen LogP contribution in [0.5, 0.6) is 5.75 Å². The first-order valence-electron chi connectivity index (χ1n) is 18.2. The van der Waals surface area contributed by atoms with E-state index < -0.39 is 0 Å². The van der Waals surface area contributed by atoms with Crippen LogP contribution in [-0.4, -0.2) is 6.61 Å². The highest BCUT2D eigenvalue weighted by atomic mass is 16.5. The molecule has 0 aliphatic heterocycles. The Labute approximate surface area is 265 Å². The average molecular weight is 583 g/mol. The minimum atomic E-state index is 0.822. The molecule has 236 valence electrons. The molecule has 3 aromatic carbocycles. The third kappa shape index (κ3) is 15.1. The number of hydrogen-bond acceptors (Lipinski definition) is 1. The van der Waals surface area contributed by atoms with Gasteiger partial charge < -0.3 is 4.74 Å². The fraction of sp³-hybridized carbons (Fsp3) is 0.571. The summed E-state index contributed by atoms with van der Waals surface area (Å²) in [6.07, 6.45) is 28.7. The van der Waals surface area contributed by atoms with Gasteiger partial charge in [-0.2, -0.15) is 0 Å². The van der Waals surface area contributed by atoms with Crippen LogP contribution in [0.25, 0.3) is 22.3 Å². The van der Waals surface area contributed by atoms with Crippen LogP contribution >= 0.6 is 0 Å². The van der Waals surface area contributed by atoms with Crippen LogP contribution in [0.1, 0.15) is 148 Å². The van der Waals surface area contributed by atoms with Gasteiger partial charge in [0.2, 0.25) is 0 Å². The molecule has 1 heteroatoms. The standard InChI is InChI=1S/C42H62O/c1-3-5-7-9-11-13-15-17-19-21-23-37-24-26-38(27-25-37)39-28-30-40(31-29-39)41-32-34-42(35-33-41)43-36-22-20-18-16-14-12-10-8-6-4-2/h24-35H,3-23,36H2,1-2H3. The molecule has 0 saturated carbocycles. The van der Waals surface area contributed by atoms with Crippen LogP contribution in [0.15, 0.2) is 72.8 Å². The Hall–Kier alpha value is -2.54. The van der Waals surface area contributed by atoms with Gasteiger partial charge in [-0.25, -0.2) is 0 Å². The molecule has 43 heavy (non-hydrogen) atoms. The zero-order chi connectivity index (χ0) is 30.2. The first kappa shape index (κ1) is 34.9. The van der Waals surface area contributed by atoms with Gasteiger partial charge in [0.1, 0.15) is 5.75 Å². The number of benzene rings is 3. The van der Waals surface area contributed by atoms with E-state index in [0.717, 1.165) is 18.8 Å². The smallest absolute Gasteiger partial charge is 0.119 e. The molecule has 0 aliphatic rings. The molecular weight excluding hydrogens is 520 g/mol. The quantitative estimate of drug-likeness (QED) is 0.0903. The zero-order valence-electron chi connectivity index (χ0n) is 27.9. The molecule has 0 bridgehead atoms. The Balaban J connectivity index is 1.29. The summed E-state index contributed by atoms with van der Waals surface area (Å²) in [5.41, 5.74) is 6.54. The van der Waals surface area contributed by atoms with Crippen molar-refractivity contribution < 1.29 is 4.74 Å². The third-order valence-electron chi connectivity index (χ3n) is 8.95. The summed E-state index contributed by atoms with van der Waals surface area (Å²) >= 11 is 0. The van der Waals surface area contributed by atoms with E-state index in [-0.39, 0.29) is 0 Å². The van der Waals surface area contributed by atoms with E-state index in [1.54, 1.807) is 0 Å². The summed E-state index contributed by atoms with van der Waals surface area (Å²) in [5.74, 6) is 0.981. The van der Waals surface area contributed by atoms with E-state index in [1.165, 1.54) is 156 Å². The number of ether oxygens (including phenoxy) is 1. The van der Waals surface area contributed by atoms with E-state index in [9.17, 15) is 0 Å². The molecule has 3 aromatic rings. The van der Waals surface area contributed by atoms with Crippen molar-refractivity contribution in [2.24, 2.45) is 0 Å². The van der Waals surface area contributed by atoms with Gasteiger partial charge in [-0.15, -0.1) is 0 Å². The fourth-order valence-electron chi connectivity index (χ4n) is 6.06. The van der Waals surface area contributed by atoms with Gasteiger partial charge >= 0.3 is 0 Å². The topological polar surface area (TPSA) is 9.23 Å². The molecule has 0 saturated heterocycles. The van der Waals surface area contributed by atoms with Crippen molar-refractivity contribution in [2.75, 3.05) is 6.61 Å². The van der Waals surface area contributed by atoms with Crippen molar-refractivity contribution in [1.82, 2.24) is 0 Å². The van der Waals surface area contributed by atoms with E-state index in [4.69, 9.17) is 4.74 Å². The SMILES string of the molecule is CCCCCCCCCCCCOc1ccc(-c2ccc(-c3ccc(CCCCCCCCCCCC)cc3)cc2)cc1. The van der Waals surface area contributed by atoms with Gasteiger partial charge in [0.05, 0.1) is 6.61 Å². The number of hydrogen-bond donors (Lipinski definition) is 0. The predicted molar refractivity (Wildman–Crippen MR) is 190 cm³/mol. The largest absolute Gasteiger partial charge is 0.494 e. The Morgan fingerprint density at radius 1 is 0.349 bits per heavy atom. The van der Waals surface area contributed by atoms with Gasteiger partial charge in [-0.1, -0.05) is 190 Å². The van der Waals surface area contributed by atoms with Crippen molar-refractivity contribution in [2.45, 2.75) is 149 Å². The first-order valence-corrected chi connectivity index (χ1v) is 18.2. The minimum absolute atomic E-state index is 0.822. The van der Waals surface area contributed by atoms with Crippen LogP contribution in [0.4, 0.5) is 0 Å². The van der Waals surface area contributed by atoms with Gasteiger partial charge in [-0.05, 0) is 59.2 Å². The molecule has 0 amide bonds. The maximum atomic E-state index is 6.02. The van der Waals surface area contributed by atoms with Gasteiger partial charge in [0.25, 0.3) is 0 Å². The average Bonchev–Trinajstić information content (AvgIpc) is 3.05. The molecule has 1 nitrogen and oxygen atoms in total. The highest BCUT2D eigenvalue weighted by Gasteiger charge is 2.03. The lowest BCUT2D eigenvalue weighted by atomic mass is 9.98. The van der Waals surface area contributed by atoms with Gasteiger partial charge in [-0.3, -0.25) is 0 Å². The third-order valence-corrected chi connectivity index (χ3v) is 8.95. The normalized spacial score (nSPS) is 11.2. The lowest BCUT2D eigenvalue weighted by Crippen LogP contribution is -1.97. The molecule has 0 atom stereocenters. The molecule has 0 aliphatic carbocycles. The second kappa shape index (κ2) is 22.9. The van der Waals surface area contributed by atoms with E-state index in [1.807, 2.05) is 0 Å². The van der Waals surface area contributed by atoms with E-state index in [2.05, 4.69) is 86.6 Å². The Morgan fingerprint density at radius 2 is 0.674 bits per heavy atom. The van der Waals surface area contributed by atoms with Crippen molar-refractivity contribution in [1.29, 1.82) is 0 Å². The van der Waals surface area contributed by atoms with Crippen molar-refractivity contribution >= 4 is 0 Å². The summed E-state index contributed by atoms with van der Waals surface area (Å²) in [4.78, 5) is 0. The summed E-state index contributed by atoms with van der Waals surface area (Å²) in [6.45, 7) is 5.40. The van der Waals surface area contributed by atoms with Crippen LogP contribution in [0, 0.1) is 0 Å². The van der Waals surface area contributed by atoms with Crippen LogP contribution in [0.2, 0.25) is 0 Å². The predicted octanol–water partition coefficient (Wildman–Crippen LogP) is 13.8. The molecule has 0 heterocycles. The Bertz CT molecular complexity index is 1050. The van der Waals surface area contributed by atoms with Crippen LogP contribution in [0.3, 0.4) is 0 Å². The van der Waals surface area contributed by atoms with Gasteiger partial charge in [0.15, 0.2) is 0 Å². The van der Waals surface area contributed by atoms with Crippen LogP contribution in [-0.2, 0) is 6.42 Å². The maximum absolute atomic E-state index is 6.02. The second-order valence-electron chi connectivity index (χ2n) is 12.8. The molecular formula is C42H62O. The number of unbranched alkanes of at least 4 members (excludes halogenated alkanes) is 18. The summed E-state index contributed by atoms with van der Waals surface area (Å²) in [7, 11) is 0. The summed E-state index contributed by atoms with van der Waals surface area (Å²) < 4.78 is 6.02. The lowest BCUT2D eigenvalue weighted by Gasteiger charge is -2.09. The number of rotatable bonds is 25. The molecule has 3 rings (SSSR count). The molecule has 0 aromatic heterocycles. The van der Waals surface area contributed by atoms with Crippen molar-refractivity contribution in [3.63, 3.8) is 0 Å². The Kier molecular flexibility index (Phi) is 18.6. The Morgan fingerprint density at radius 3 is 1.09 bits per heavy atom. The highest BCUT2D eigenvalue weighted by molar-refractivity contribution is 5.70. The second-order valence-corrected chi connectivity index (χ2v) is 12.8. The molecule has 0 radical (unpaired) electrons. The van der Waals surface area contributed by atoms with E-state index >= 15 is 0 Å². The van der Waals surface area contributed by atoms with Crippen molar-refractivity contribution in [3.8, 4) is 28.0 Å². The fourth-order valence-corrected chi connectivity index (χ4v) is 6.06. The van der Waals surface area contributed by atoms with E-state index in [0.29, 0.717) is 0 Å². The lowest BCUT2D eigenvalue weighted by molar-refractivity contribution is 0.304. The monoisotopic (exact) mass is 582 g/mol.